The van der Waals surface area contributed by atoms with Crippen molar-refractivity contribution in [3.8, 4) is 11.5 Å². The van der Waals surface area contributed by atoms with E-state index in [4.69, 9.17) is 42.6 Å². The largest absolute Gasteiger partial charge is 0.491 e. The predicted molar refractivity (Wildman–Crippen MR) is 183 cm³/mol. The first-order valence-electron chi connectivity index (χ1n) is 17.3. The summed E-state index contributed by atoms with van der Waals surface area (Å²) in [6.45, 7) is 9.90. The van der Waals surface area contributed by atoms with Gasteiger partial charge in [-0.3, -0.25) is 10.1 Å². The van der Waals surface area contributed by atoms with Crippen LogP contribution < -0.4 is 9.47 Å². The standard InChI is InChI=1S/C36H57NO11/c1-2-3-4-5-6-7-8-33-9-13-35(14-10-33)47-31-29-45-27-25-43-23-21-41-19-17-40-18-20-42-22-24-44-26-28-46-30-32-48-36-15-11-34(12-16-36)37(38)39/h9-16H,2-8,17-32H2,1H3. The highest BCUT2D eigenvalue weighted by Gasteiger charge is 2.04. The molecule has 0 amide bonds. The SMILES string of the molecule is CCCCCCCCc1ccc(OCCOCCOCCOCCOCCOCCOCCOCCOc2ccc([N+](=O)[O-])cc2)cc1. The molecule has 0 atom stereocenters. The second-order valence-electron chi connectivity index (χ2n) is 10.9. The number of non-ortho nitro benzene ring substituents is 1. The monoisotopic (exact) mass is 679 g/mol. The first-order chi connectivity index (χ1) is 23.7. The van der Waals surface area contributed by atoms with Crippen molar-refractivity contribution in [2.75, 3.05) is 106 Å². The molecular formula is C36H57NO11. The predicted octanol–water partition coefficient (Wildman–Crippen LogP) is 6.07. The van der Waals surface area contributed by atoms with Crippen LogP contribution >= 0.6 is 0 Å². The molecule has 12 nitrogen and oxygen atoms in total. The van der Waals surface area contributed by atoms with Gasteiger partial charge in [-0.25, -0.2) is 0 Å². The minimum Gasteiger partial charge on any atom is -0.491 e. The van der Waals surface area contributed by atoms with Crippen molar-refractivity contribution >= 4 is 5.69 Å². The molecule has 0 spiro atoms. The molecule has 2 aromatic carbocycles. The van der Waals surface area contributed by atoms with Gasteiger partial charge in [-0.15, -0.1) is 0 Å². The summed E-state index contributed by atoms with van der Waals surface area (Å²) in [5.41, 5.74) is 1.40. The van der Waals surface area contributed by atoms with Crippen molar-refractivity contribution in [1.82, 2.24) is 0 Å². The first-order valence-corrected chi connectivity index (χ1v) is 17.3. The summed E-state index contributed by atoms with van der Waals surface area (Å²) in [7, 11) is 0. The van der Waals surface area contributed by atoms with Crippen LogP contribution in [-0.4, -0.2) is 111 Å². The summed E-state index contributed by atoms with van der Waals surface area (Å²) in [6.07, 6.45) is 9.06. The number of hydrogen-bond donors (Lipinski definition) is 0. The number of nitrogens with zero attached hydrogens (tertiary/aromatic N) is 1. The average Bonchev–Trinajstić information content (AvgIpc) is 3.10. The number of benzene rings is 2. The summed E-state index contributed by atoms with van der Waals surface area (Å²) in [6, 6.07) is 14.3. The Morgan fingerprint density at radius 1 is 0.458 bits per heavy atom. The first kappa shape index (κ1) is 41.3. The average molecular weight is 680 g/mol. The van der Waals surface area contributed by atoms with Gasteiger partial charge >= 0.3 is 0 Å². The molecule has 0 radical (unpaired) electrons. The van der Waals surface area contributed by atoms with Crippen LogP contribution in [0.3, 0.4) is 0 Å². The highest BCUT2D eigenvalue weighted by Crippen LogP contribution is 2.17. The van der Waals surface area contributed by atoms with E-state index >= 15 is 0 Å². The lowest BCUT2D eigenvalue weighted by Gasteiger charge is -2.09. The zero-order valence-electron chi connectivity index (χ0n) is 28.8. The van der Waals surface area contributed by atoms with Gasteiger partial charge < -0.3 is 42.6 Å². The van der Waals surface area contributed by atoms with Crippen molar-refractivity contribution in [2.24, 2.45) is 0 Å². The number of nitro benzene ring substituents is 1. The van der Waals surface area contributed by atoms with Crippen molar-refractivity contribution in [1.29, 1.82) is 0 Å². The molecule has 0 fully saturated rings. The maximum Gasteiger partial charge on any atom is 0.269 e. The van der Waals surface area contributed by atoms with Crippen LogP contribution in [0.5, 0.6) is 11.5 Å². The summed E-state index contributed by atoms with van der Waals surface area (Å²) in [5.74, 6) is 1.44. The highest BCUT2D eigenvalue weighted by atomic mass is 16.6. The molecule has 0 heterocycles. The Hall–Kier alpha value is -2.84. The maximum absolute atomic E-state index is 10.6. The molecule has 0 aliphatic heterocycles. The smallest absolute Gasteiger partial charge is 0.269 e. The summed E-state index contributed by atoms with van der Waals surface area (Å²) < 4.78 is 49.7. The molecule has 0 aliphatic carbocycles. The Kier molecular flexibility index (Phi) is 26.0. The molecule has 0 N–H and O–H groups in total. The lowest BCUT2D eigenvalue weighted by Crippen LogP contribution is -2.15. The van der Waals surface area contributed by atoms with Gasteiger partial charge in [0.2, 0.25) is 0 Å². The van der Waals surface area contributed by atoms with Gasteiger partial charge in [0.05, 0.1) is 97.4 Å². The van der Waals surface area contributed by atoms with E-state index < -0.39 is 4.92 Å². The van der Waals surface area contributed by atoms with E-state index in [0.29, 0.717) is 111 Å². The van der Waals surface area contributed by atoms with Crippen LogP contribution in [0.2, 0.25) is 0 Å². The van der Waals surface area contributed by atoms with Gasteiger partial charge in [0.25, 0.3) is 5.69 Å². The Labute approximate surface area is 286 Å². The maximum atomic E-state index is 10.6. The fraction of sp³-hybridized carbons (Fsp3) is 0.667. The van der Waals surface area contributed by atoms with Crippen LogP contribution in [0.4, 0.5) is 5.69 Å². The van der Waals surface area contributed by atoms with Crippen molar-refractivity contribution in [3.05, 3.63) is 64.2 Å². The fourth-order valence-electron chi connectivity index (χ4n) is 4.38. The van der Waals surface area contributed by atoms with E-state index in [1.807, 2.05) is 12.1 Å². The minimum absolute atomic E-state index is 0.0289. The summed E-state index contributed by atoms with van der Waals surface area (Å²) in [4.78, 5) is 10.2. The zero-order valence-corrected chi connectivity index (χ0v) is 28.8. The van der Waals surface area contributed by atoms with E-state index in [9.17, 15) is 10.1 Å². The van der Waals surface area contributed by atoms with E-state index in [2.05, 4.69) is 19.1 Å². The third-order valence-corrected chi connectivity index (χ3v) is 7.01. The quantitative estimate of drug-likeness (QED) is 0.0486. The van der Waals surface area contributed by atoms with Crippen LogP contribution in [0.1, 0.15) is 51.0 Å². The second kappa shape index (κ2) is 30.2. The molecule has 272 valence electrons. The lowest BCUT2D eigenvalue weighted by atomic mass is 10.0. The molecule has 2 aromatic rings. The molecular weight excluding hydrogens is 622 g/mol. The Morgan fingerprint density at radius 3 is 1.17 bits per heavy atom. The highest BCUT2D eigenvalue weighted by molar-refractivity contribution is 5.35. The molecule has 0 saturated heterocycles. The third kappa shape index (κ3) is 23.5. The zero-order chi connectivity index (χ0) is 34.2. The molecule has 0 unspecified atom stereocenters. The lowest BCUT2D eigenvalue weighted by molar-refractivity contribution is -0.384. The number of aryl methyl sites for hydroxylation is 1. The van der Waals surface area contributed by atoms with Gasteiger partial charge in [-0.2, -0.15) is 0 Å². The van der Waals surface area contributed by atoms with E-state index in [-0.39, 0.29) is 5.69 Å². The van der Waals surface area contributed by atoms with Crippen molar-refractivity contribution in [3.63, 3.8) is 0 Å². The minimum atomic E-state index is -0.448. The van der Waals surface area contributed by atoms with Crippen molar-refractivity contribution < 1.29 is 47.6 Å². The molecule has 12 heteroatoms. The van der Waals surface area contributed by atoms with Gasteiger partial charge in [0.15, 0.2) is 0 Å². The number of hydrogen-bond acceptors (Lipinski definition) is 11. The number of unbranched alkanes of at least 4 members (excludes halogenated alkanes) is 5. The number of rotatable bonds is 34. The van der Waals surface area contributed by atoms with E-state index in [1.165, 1.54) is 56.2 Å². The molecule has 0 aliphatic rings. The van der Waals surface area contributed by atoms with E-state index in [1.54, 1.807) is 12.1 Å². The molecule has 2 rings (SSSR count). The van der Waals surface area contributed by atoms with Crippen LogP contribution in [0.25, 0.3) is 0 Å². The van der Waals surface area contributed by atoms with Gasteiger partial charge in [-0.05, 0) is 42.7 Å². The number of ether oxygens (including phenoxy) is 9. The summed E-state index contributed by atoms with van der Waals surface area (Å²) in [5, 5.41) is 10.6. The van der Waals surface area contributed by atoms with Gasteiger partial charge in [-0.1, -0.05) is 51.2 Å². The Morgan fingerprint density at radius 2 is 0.792 bits per heavy atom. The van der Waals surface area contributed by atoms with Crippen molar-refractivity contribution in [2.45, 2.75) is 51.9 Å². The van der Waals surface area contributed by atoms with Gasteiger partial charge in [0.1, 0.15) is 24.7 Å². The summed E-state index contributed by atoms with van der Waals surface area (Å²) >= 11 is 0. The van der Waals surface area contributed by atoms with E-state index in [0.717, 1.165) is 12.2 Å². The Balaban J connectivity index is 1.22. The molecule has 48 heavy (non-hydrogen) atoms. The topological polar surface area (TPSA) is 126 Å². The van der Waals surface area contributed by atoms with Crippen LogP contribution in [0, 0.1) is 10.1 Å². The normalized spacial score (nSPS) is 11.2. The molecule has 0 aromatic heterocycles. The van der Waals surface area contributed by atoms with Gasteiger partial charge in [0, 0.05) is 12.1 Å². The molecule has 0 saturated carbocycles. The van der Waals surface area contributed by atoms with Crippen LogP contribution in [-0.2, 0) is 39.6 Å². The second-order valence-corrected chi connectivity index (χ2v) is 10.9. The third-order valence-electron chi connectivity index (χ3n) is 7.01. The molecule has 0 bridgehead atoms. The van der Waals surface area contributed by atoms with Crippen LogP contribution in [0.15, 0.2) is 48.5 Å². The fourth-order valence-corrected chi connectivity index (χ4v) is 4.38. The Bertz CT molecular complexity index is 1010. The number of nitro groups is 1.